The summed E-state index contributed by atoms with van der Waals surface area (Å²) in [5, 5.41) is 8.29. The van der Waals surface area contributed by atoms with Gasteiger partial charge in [0.15, 0.2) is 5.78 Å². The summed E-state index contributed by atoms with van der Waals surface area (Å²) in [6.45, 7) is 2.62. The Labute approximate surface area is 264 Å². The number of epoxide rings is 1. The van der Waals surface area contributed by atoms with Crippen LogP contribution >= 0.6 is 0 Å². The Hall–Kier alpha value is -3.80. The van der Waals surface area contributed by atoms with Crippen LogP contribution in [0.3, 0.4) is 0 Å². The van der Waals surface area contributed by atoms with Gasteiger partial charge in [-0.25, -0.2) is 0 Å². The lowest BCUT2D eigenvalue weighted by molar-refractivity contribution is -0.134. The number of methoxy groups -OCH3 is 1. The minimum Gasteiger partial charge on any atom is -0.493 e. The lowest BCUT2D eigenvalue weighted by Gasteiger charge is -2.26. The third-order valence-corrected chi connectivity index (χ3v) is 7.96. The molecular formula is C34H45N3O8. The van der Waals surface area contributed by atoms with Gasteiger partial charge in [-0.05, 0) is 43.9 Å². The predicted molar refractivity (Wildman–Crippen MR) is 167 cm³/mol. The Morgan fingerprint density at radius 1 is 0.956 bits per heavy atom. The van der Waals surface area contributed by atoms with Crippen LogP contribution in [0.5, 0.6) is 5.75 Å². The molecule has 0 saturated carbocycles. The van der Waals surface area contributed by atoms with Crippen molar-refractivity contribution < 1.29 is 38.1 Å². The van der Waals surface area contributed by atoms with Gasteiger partial charge in [-0.15, -0.1) is 0 Å². The number of benzene rings is 2. The summed E-state index contributed by atoms with van der Waals surface area (Å²) >= 11 is 0. The van der Waals surface area contributed by atoms with Crippen molar-refractivity contribution in [2.75, 3.05) is 40.1 Å². The third-order valence-electron chi connectivity index (χ3n) is 7.96. The van der Waals surface area contributed by atoms with Crippen LogP contribution in [0, 0.1) is 0 Å². The van der Waals surface area contributed by atoms with E-state index < -0.39 is 41.4 Å². The number of nitrogens with one attached hydrogen (secondary N) is 3. The van der Waals surface area contributed by atoms with Gasteiger partial charge in [-0.2, -0.15) is 0 Å². The standard InChI is InChI=1S/C34H45N3O8/c1-34(23-45-34)30(38)26(20-24-14-8-7-9-15-24)35-33(41)28-22-43-18-12-5-3-4-6-13-19-44-29-17-11-10-16-25(29)31(39)36-27(21-42-2)32(40)37-28/h7-11,14-17,26-28H,3-6,12-13,18-23H2,1-2H3,(H,35,41)(H,36,39)(H,37,40)/t26-,27-,28-,34+/m0/s1. The monoisotopic (exact) mass is 623 g/mol. The van der Waals surface area contributed by atoms with Gasteiger partial charge in [-0.1, -0.05) is 68.1 Å². The van der Waals surface area contributed by atoms with Crippen molar-refractivity contribution in [1.82, 2.24) is 16.0 Å². The number of rotatable bonds is 8. The van der Waals surface area contributed by atoms with E-state index in [1.54, 1.807) is 31.2 Å². The summed E-state index contributed by atoms with van der Waals surface area (Å²) in [5.41, 5.74) is 0.199. The van der Waals surface area contributed by atoms with Crippen molar-refractivity contribution >= 4 is 23.5 Å². The number of para-hydroxylation sites is 1. The number of Topliss-reactive ketones (excluding diaryl/α,β-unsaturated/α-hetero) is 1. The number of hydrogen-bond acceptors (Lipinski definition) is 8. The zero-order valence-corrected chi connectivity index (χ0v) is 26.2. The lowest BCUT2D eigenvalue weighted by atomic mass is 9.94. The molecule has 2 aliphatic rings. The molecular weight excluding hydrogens is 578 g/mol. The van der Waals surface area contributed by atoms with Crippen LogP contribution < -0.4 is 20.7 Å². The predicted octanol–water partition coefficient (Wildman–Crippen LogP) is 2.75. The second-order valence-electron chi connectivity index (χ2n) is 11.7. The van der Waals surface area contributed by atoms with Crippen LogP contribution in [0.2, 0.25) is 0 Å². The number of hydrogen-bond donors (Lipinski definition) is 3. The first-order chi connectivity index (χ1) is 21.8. The molecule has 2 aromatic carbocycles. The topological polar surface area (TPSA) is 145 Å². The Morgan fingerprint density at radius 3 is 2.33 bits per heavy atom. The number of carbonyl (C=O) groups is 4. The third kappa shape index (κ3) is 10.4. The fourth-order valence-corrected chi connectivity index (χ4v) is 5.17. The smallest absolute Gasteiger partial charge is 0.255 e. The first-order valence-corrected chi connectivity index (χ1v) is 15.7. The van der Waals surface area contributed by atoms with E-state index >= 15 is 0 Å². The van der Waals surface area contributed by atoms with Gasteiger partial charge >= 0.3 is 0 Å². The molecule has 244 valence electrons. The van der Waals surface area contributed by atoms with Crippen molar-refractivity contribution in [2.45, 2.75) is 75.6 Å². The number of carbonyl (C=O) groups excluding carboxylic acids is 4. The van der Waals surface area contributed by atoms with E-state index in [1.165, 1.54) is 7.11 Å². The summed E-state index contributed by atoms with van der Waals surface area (Å²) < 4.78 is 22.4. The average Bonchev–Trinajstić information content (AvgIpc) is 3.80. The first kappa shape index (κ1) is 34.1. The highest BCUT2D eigenvalue weighted by Gasteiger charge is 2.50. The van der Waals surface area contributed by atoms with Crippen molar-refractivity contribution in [3.63, 3.8) is 0 Å². The molecule has 2 aliphatic heterocycles. The van der Waals surface area contributed by atoms with E-state index in [-0.39, 0.29) is 32.0 Å². The van der Waals surface area contributed by atoms with Crippen LogP contribution in [0.4, 0.5) is 0 Å². The molecule has 1 fully saturated rings. The minimum atomic E-state index is -1.13. The maximum absolute atomic E-state index is 13.7. The number of amides is 3. The zero-order chi connectivity index (χ0) is 32.1. The SMILES string of the molecule is COC[C@@H]1NC(=O)c2ccccc2OCCCCCCCCOC[C@@H](C(=O)N[C@@H](Cc2ccccc2)C(=O)[C@@]2(C)CO2)NC1=O. The number of ketones is 1. The highest BCUT2D eigenvalue weighted by Crippen LogP contribution is 2.29. The molecule has 0 aliphatic carbocycles. The molecule has 11 nitrogen and oxygen atoms in total. The molecule has 3 amide bonds. The minimum absolute atomic E-state index is 0.109. The molecule has 45 heavy (non-hydrogen) atoms. The molecule has 0 unspecified atom stereocenters. The number of ether oxygens (including phenoxy) is 4. The van der Waals surface area contributed by atoms with E-state index in [2.05, 4.69) is 16.0 Å². The Bertz CT molecular complexity index is 1280. The van der Waals surface area contributed by atoms with Crippen LogP contribution in [0.15, 0.2) is 54.6 Å². The quantitative estimate of drug-likeness (QED) is 0.381. The Morgan fingerprint density at radius 2 is 1.62 bits per heavy atom. The summed E-state index contributed by atoms with van der Waals surface area (Å²) in [4.78, 5) is 53.9. The van der Waals surface area contributed by atoms with Crippen LogP contribution in [0.25, 0.3) is 0 Å². The van der Waals surface area contributed by atoms with Crippen LogP contribution in [0.1, 0.15) is 61.4 Å². The van der Waals surface area contributed by atoms with Crippen molar-refractivity contribution in [3.05, 3.63) is 65.7 Å². The molecule has 4 rings (SSSR count). The van der Waals surface area contributed by atoms with Crippen molar-refractivity contribution in [2.24, 2.45) is 0 Å². The summed E-state index contributed by atoms with van der Waals surface area (Å²) in [7, 11) is 1.42. The van der Waals surface area contributed by atoms with Gasteiger partial charge in [0, 0.05) is 13.7 Å². The normalized spacial score (nSPS) is 24.2. The second-order valence-corrected chi connectivity index (χ2v) is 11.7. The highest BCUT2D eigenvalue weighted by molar-refractivity contribution is 6.01. The molecule has 1 saturated heterocycles. The van der Waals surface area contributed by atoms with E-state index in [0.29, 0.717) is 24.5 Å². The molecule has 2 heterocycles. The van der Waals surface area contributed by atoms with Crippen molar-refractivity contribution in [1.29, 1.82) is 0 Å². The van der Waals surface area contributed by atoms with Gasteiger partial charge in [0.05, 0.1) is 38.0 Å². The molecule has 2 aromatic rings. The zero-order valence-electron chi connectivity index (χ0n) is 26.2. The fourth-order valence-electron chi connectivity index (χ4n) is 5.17. The van der Waals surface area contributed by atoms with E-state index in [4.69, 9.17) is 18.9 Å². The summed E-state index contributed by atoms with van der Waals surface area (Å²) in [6, 6.07) is 13.1. The van der Waals surface area contributed by atoms with E-state index in [9.17, 15) is 19.2 Å². The van der Waals surface area contributed by atoms with Crippen LogP contribution in [-0.4, -0.2) is 87.4 Å². The maximum atomic E-state index is 13.7. The second kappa shape index (κ2) is 17.0. The Kier molecular flexibility index (Phi) is 12.9. The average molecular weight is 624 g/mol. The lowest BCUT2D eigenvalue weighted by Crippen LogP contribution is -2.59. The molecule has 3 N–H and O–H groups in total. The van der Waals surface area contributed by atoms with Gasteiger partial charge in [0.2, 0.25) is 11.8 Å². The molecule has 11 heteroatoms. The van der Waals surface area contributed by atoms with E-state index in [1.807, 2.05) is 30.3 Å². The van der Waals surface area contributed by atoms with Gasteiger partial charge in [0.1, 0.15) is 23.4 Å². The van der Waals surface area contributed by atoms with Gasteiger partial charge < -0.3 is 34.9 Å². The molecule has 0 aromatic heterocycles. The van der Waals surface area contributed by atoms with Gasteiger partial charge in [0.25, 0.3) is 5.91 Å². The first-order valence-electron chi connectivity index (χ1n) is 15.7. The van der Waals surface area contributed by atoms with Crippen molar-refractivity contribution in [3.8, 4) is 5.75 Å². The number of fused-ring (bicyclic) bond motifs is 1. The largest absolute Gasteiger partial charge is 0.493 e. The summed E-state index contributed by atoms with van der Waals surface area (Å²) in [5.74, 6) is -1.53. The molecule has 4 atom stereocenters. The van der Waals surface area contributed by atoms with Gasteiger partial charge in [-0.3, -0.25) is 19.2 Å². The molecule has 0 radical (unpaired) electrons. The van der Waals surface area contributed by atoms with E-state index in [0.717, 1.165) is 44.1 Å². The fraction of sp³-hybridized carbons (Fsp3) is 0.529. The molecule has 0 bridgehead atoms. The maximum Gasteiger partial charge on any atom is 0.255 e. The molecule has 0 spiro atoms. The highest BCUT2D eigenvalue weighted by atomic mass is 16.6. The summed E-state index contributed by atoms with van der Waals surface area (Å²) in [6.07, 6.45) is 5.97. The Balaban J connectivity index is 1.53. The van der Waals surface area contributed by atoms with Crippen LogP contribution in [-0.2, 0) is 35.0 Å².